The topological polar surface area (TPSA) is 132 Å². The standard InChI is InChI=1S/C25H24FN5O5S/c1-15(23(32)27-2)13-31-14-29-20-9-8-16(10-18(20)25(31)33)17-11-21(24(36-3)28-12-17)30-37(34,35)22-7-5-4-6-19(22)26/h4-12,14-15,30H,13H2,1-3H3,(H,27,32)/t15-/m1/s1. The van der Waals surface area contributed by atoms with E-state index in [2.05, 4.69) is 20.0 Å². The van der Waals surface area contributed by atoms with Crippen LogP contribution in [0, 0.1) is 11.7 Å². The van der Waals surface area contributed by atoms with E-state index in [1.807, 2.05) is 0 Å². The molecule has 0 aliphatic carbocycles. The fraction of sp³-hybridized carbons (Fsp3) is 0.200. The Morgan fingerprint density at radius 3 is 2.59 bits per heavy atom. The number of amides is 1. The first kappa shape index (κ1) is 25.8. The van der Waals surface area contributed by atoms with Crippen molar-refractivity contribution in [3.05, 3.63) is 77.2 Å². The molecule has 2 heterocycles. The lowest BCUT2D eigenvalue weighted by molar-refractivity contribution is -0.124. The lowest BCUT2D eigenvalue weighted by Gasteiger charge is -2.14. The van der Waals surface area contributed by atoms with Crippen LogP contribution in [0.4, 0.5) is 10.1 Å². The van der Waals surface area contributed by atoms with Crippen molar-refractivity contribution in [3.8, 4) is 17.0 Å². The van der Waals surface area contributed by atoms with E-state index in [9.17, 15) is 22.4 Å². The number of methoxy groups -OCH3 is 1. The van der Waals surface area contributed by atoms with Gasteiger partial charge in [0.15, 0.2) is 0 Å². The summed E-state index contributed by atoms with van der Waals surface area (Å²) in [5.41, 5.74) is 1.16. The lowest BCUT2D eigenvalue weighted by Crippen LogP contribution is -2.32. The van der Waals surface area contributed by atoms with Crippen molar-refractivity contribution in [3.63, 3.8) is 0 Å². The van der Waals surface area contributed by atoms with Crippen molar-refractivity contribution in [1.29, 1.82) is 0 Å². The van der Waals surface area contributed by atoms with Gasteiger partial charge in [-0.3, -0.25) is 18.9 Å². The summed E-state index contributed by atoms with van der Waals surface area (Å²) in [6.45, 7) is 1.86. The highest BCUT2D eigenvalue weighted by atomic mass is 32.2. The first-order chi connectivity index (χ1) is 17.6. The first-order valence-corrected chi connectivity index (χ1v) is 12.7. The van der Waals surface area contributed by atoms with Crippen LogP contribution in [0.1, 0.15) is 6.92 Å². The Bertz CT molecular complexity index is 1660. The van der Waals surface area contributed by atoms with Crippen LogP contribution in [0.25, 0.3) is 22.0 Å². The molecule has 0 radical (unpaired) electrons. The van der Waals surface area contributed by atoms with Gasteiger partial charge in [-0.05, 0) is 35.9 Å². The Hall–Kier alpha value is -4.32. The van der Waals surface area contributed by atoms with Gasteiger partial charge in [0.1, 0.15) is 16.4 Å². The molecule has 0 saturated carbocycles. The molecule has 0 bridgehead atoms. The summed E-state index contributed by atoms with van der Waals surface area (Å²) in [7, 11) is -1.43. The molecule has 2 aromatic heterocycles. The predicted molar refractivity (Wildman–Crippen MR) is 136 cm³/mol. The van der Waals surface area contributed by atoms with Crippen LogP contribution in [-0.4, -0.2) is 43.0 Å². The summed E-state index contributed by atoms with van der Waals surface area (Å²) in [6.07, 6.45) is 2.86. The SMILES string of the molecule is CNC(=O)[C@H](C)Cn1cnc2ccc(-c3cnc(OC)c(NS(=O)(=O)c4ccccc4F)c3)cc2c1=O. The maximum atomic E-state index is 14.2. The molecule has 192 valence electrons. The van der Waals surface area contributed by atoms with E-state index in [0.717, 1.165) is 12.1 Å². The third-order valence-electron chi connectivity index (χ3n) is 5.74. The normalized spacial score (nSPS) is 12.2. The fourth-order valence-electron chi connectivity index (χ4n) is 3.80. The Morgan fingerprint density at radius 2 is 1.89 bits per heavy atom. The summed E-state index contributed by atoms with van der Waals surface area (Å²) >= 11 is 0. The van der Waals surface area contributed by atoms with Crippen molar-refractivity contribution in [2.45, 2.75) is 18.4 Å². The molecule has 37 heavy (non-hydrogen) atoms. The van der Waals surface area contributed by atoms with E-state index >= 15 is 0 Å². The minimum absolute atomic E-state index is 0.00801. The van der Waals surface area contributed by atoms with Crippen LogP contribution in [0.2, 0.25) is 0 Å². The van der Waals surface area contributed by atoms with Gasteiger partial charge in [0, 0.05) is 25.4 Å². The van der Waals surface area contributed by atoms with Gasteiger partial charge in [-0.25, -0.2) is 22.8 Å². The average Bonchev–Trinajstić information content (AvgIpc) is 2.89. The molecule has 4 rings (SSSR count). The number of hydrogen-bond donors (Lipinski definition) is 2. The highest BCUT2D eigenvalue weighted by molar-refractivity contribution is 7.92. The van der Waals surface area contributed by atoms with Crippen LogP contribution < -0.4 is 20.3 Å². The second-order valence-corrected chi connectivity index (χ2v) is 9.92. The van der Waals surface area contributed by atoms with Crippen LogP contribution in [-0.2, 0) is 21.4 Å². The van der Waals surface area contributed by atoms with Crippen LogP contribution in [0.5, 0.6) is 5.88 Å². The molecule has 10 nitrogen and oxygen atoms in total. The fourth-order valence-corrected chi connectivity index (χ4v) is 4.93. The number of rotatable bonds is 8. The number of pyridine rings is 1. The van der Waals surface area contributed by atoms with Gasteiger partial charge in [0.25, 0.3) is 15.6 Å². The number of benzene rings is 2. The number of nitrogens with zero attached hydrogens (tertiary/aromatic N) is 3. The zero-order chi connectivity index (χ0) is 26.7. The molecule has 12 heteroatoms. The average molecular weight is 526 g/mol. The Kier molecular flexibility index (Phi) is 7.21. The van der Waals surface area contributed by atoms with Crippen molar-refractivity contribution in [2.24, 2.45) is 5.92 Å². The minimum Gasteiger partial charge on any atom is -0.480 e. The molecule has 0 spiro atoms. The van der Waals surface area contributed by atoms with E-state index in [4.69, 9.17) is 4.74 Å². The maximum absolute atomic E-state index is 14.2. The predicted octanol–water partition coefficient (Wildman–Crippen LogP) is 2.79. The molecule has 0 aliphatic heterocycles. The minimum atomic E-state index is -4.28. The third-order valence-corrected chi connectivity index (χ3v) is 7.14. The Balaban J connectivity index is 1.74. The van der Waals surface area contributed by atoms with E-state index < -0.39 is 26.7 Å². The van der Waals surface area contributed by atoms with Gasteiger partial charge in [-0.15, -0.1) is 0 Å². The number of carbonyl (C=O) groups is 1. The number of aromatic nitrogens is 3. The first-order valence-electron chi connectivity index (χ1n) is 11.2. The quantitative estimate of drug-likeness (QED) is 0.362. The van der Waals surface area contributed by atoms with Crippen molar-refractivity contribution >= 4 is 32.5 Å². The molecule has 0 unspecified atom stereocenters. The molecule has 0 aliphatic rings. The number of hydrogen-bond acceptors (Lipinski definition) is 7. The number of sulfonamides is 1. The summed E-state index contributed by atoms with van der Waals surface area (Å²) in [4.78, 5) is 33.0. The summed E-state index contributed by atoms with van der Waals surface area (Å²) in [6, 6.07) is 11.5. The molecule has 0 fully saturated rings. The smallest absolute Gasteiger partial charge is 0.264 e. The Morgan fingerprint density at radius 1 is 1.14 bits per heavy atom. The Labute approximate surface area is 212 Å². The van der Waals surface area contributed by atoms with Crippen molar-refractivity contribution < 1.29 is 22.3 Å². The van der Waals surface area contributed by atoms with E-state index in [-0.39, 0.29) is 29.6 Å². The van der Waals surface area contributed by atoms with E-state index in [1.54, 1.807) is 25.1 Å². The molecule has 2 N–H and O–H groups in total. The molecular formula is C25H24FN5O5S. The molecule has 1 amide bonds. The third kappa shape index (κ3) is 5.28. The number of ether oxygens (including phenoxy) is 1. The largest absolute Gasteiger partial charge is 0.480 e. The molecule has 2 aromatic carbocycles. The molecular weight excluding hydrogens is 501 g/mol. The van der Waals surface area contributed by atoms with Crippen molar-refractivity contribution in [1.82, 2.24) is 19.9 Å². The van der Waals surface area contributed by atoms with Gasteiger partial charge >= 0.3 is 0 Å². The zero-order valence-corrected chi connectivity index (χ0v) is 21.0. The van der Waals surface area contributed by atoms with E-state index in [1.165, 1.54) is 49.4 Å². The van der Waals surface area contributed by atoms with Crippen LogP contribution >= 0.6 is 0 Å². The number of anilines is 1. The van der Waals surface area contributed by atoms with Crippen LogP contribution in [0.3, 0.4) is 0 Å². The number of halogens is 1. The molecule has 0 saturated heterocycles. The highest BCUT2D eigenvalue weighted by Crippen LogP contribution is 2.31. The second-order valence-electron chi connectivity index (χ2n) is 8.27. The van der Waals surface area contributed by atoms with Crippen LogP contribution in [0.15, 0.2) is 70.7 Å². The van der Waals surface area contributed by atoms with Gasteiger partial charge in [-0.2, -0.15) is 0 Å². The monoisotopic (exact) mass is 525 g/mol. The number of fused-ring (bicyclic) bond motifs is 1. The summed E-state index contributed by atoms with van der Waals surface area (Å²) in [5, 5.41) is 2.87. The highest BCUT2D eigenvalue weighted by Gasteiger charge is 2.21. The van der Waals surface area contributed by atoms with Gasteiger partial charge < -0.3 is 10.1 Å². The van der Waals surface area contributed by atoms with Crippen molar-refractivity contribution in [2.75, 3.05) is 18.9 Å². The zero-order valence-electron chi connectivity index (χ0n) is 20.2. The summed E-state index contributed by atoms with van der Waals surface area (Å²) < 4.78 is 48.7. The number of carbonyl (C=O) groups excluding carboxylic acids is 1. The second kappa shape index (κ2) is 10.3. The molecule has 4 aromatic rings. The maximum Gasteiger partial charge on any atom is 0.264 e. The van der Waals surface area contributed by atoms with E-state index in [0.29, 0.717) is 22.0 Å². The van der Waals surface area contributed by atoms with Gasteiger partial charge in [0.2, 0.25) is 11.8 Å². The number of nitrogens with one attached hydrogen (secondary N) is 2. The van der Waals surface area contributed by atoms with Gasteiger partial charge in [0.05, 0.1) is 30.3 Å². The van der Waals surface area contributed by atoms with Gasteiger partial charge in [-0.1, -0.05) is 25.1 Å². The lowest BCUT2D eigenvalue weighted by atomic mass is 10.0. The molecule has 1 atom stereocenters. The summed E-state index contributed by atoms with van der Waals surface area (Å²) in [5.74, 6) is -1.56.